The second-order valence-corrected chi connectivity index (χ2v) is 6.58. The zero-order valence-corrected chi connectivity index (χ0v) is 16.1. The Bertz CT molecular complexity index is 814. The molecule has 3 rings (SSSR count). The zero-order valence-electron chi connectivity index (χ0n) is 16.1. The number of hydrogen-bond donors (Lipinski definition) is 3. The van der Waals surface area contributed by atoms with Crippen LogP contribution in [0.5, 0.6) is 5.75 Å². The van der Waals surface area contributed by atoms with Gasteiger partial charge in [-0.25, -0.2) is 9.48 Å². The third kappa shape index (κ3) is 4.61. The highest BCUT2D eigenvalue weighted by Gasteiger charge is 2.25. The van der Waals surface area contributed by atoms with Crippen molar-refractivity contribution < 1.29 is 14.3 Å². The molecule has 28 heavy (non-hydrogen) atoms. The van der Waals surface area contributed by atoms with Crippen molar-refractivity contribution in [2.24, 2.45) is 0 Å². The Morgan fingerprint density at radius 1 is 1.18 bits per heavy atom. The van der Waals surface area contributed by atoms with Gasteiger partial charge in [0, 0.05) is 19.2 Å². The monoisotopic (exact) mass is 386 g/mol. The Kier molecular flexibility index (Phi) is 6.49. The summed E-state index contributed by atoms with van der Waals surface area (Å²) in [7, 11) is 3.32. The lowest BCUT2D eigenvalue weighted by molar-refractivity contribution is -0.131. The molecule has 1 aliphatic rings. The Morgan fingerprint density at radius 2 is 1.93 bits per heavy atom. The lowest BCUT2D eigenvalue weighted by atomic mass is 10.1. The number of nitrogens with zero attached hydrogens (tertiary/aromatic N) is 3. The highest BCUT2D eigenvalue weighted by molar-refractivity contribution is 6.00. The van der Waals surface area contributed by atoms with Crippen LogP contribution in [0.25, 0.3) is 0 Å². The van der Waals surface area contributed by atoms with E-state index in [0.29, 0.717) is 36.9 Å². The molecule has 1 aromatic carbocycles. The van der Waals surface area contributed by atoms with E-state index in [1.165, 1.54) is 0 Å². The average Bonchev–Trinajstić information content (AvgIpc) is 3.16. The second-order valence-electron chi connectivity index (χ2n) is 6.58. The minimum Gasteiger partial charge on any atom is -0.495 e. The van der Waals surface area contributed by atoms with E-state index in [9.17, 15) is 9.59 Å². The molecule has 0 radical (unpaired) electrons. The number of urea groups is 1. The summed E-state index contributed by atoms with van der Waals surface area (Å²) in [6.45, 7) is 1.71. The van der Waals surface area contributed by atoms with Crippen molar-refractivity contribution in [3.63, 3.8) is 0 Å². The fourth-order valence-corrected chi connectivity index (χ4v) is 3.34. The van der Waals surface area contributed by atoms with Crippen LogP contribution in [0.3, 0.4) is 0 Å². The number of benzene rings is 1. The van der Waals surface area contributed by atoms with Crippen molar-refractivity contribution in [2.75, 3.05) is 44.4 Å². The molecule has 150 valence electrons. The Labute approximate surface area is 164 Å². The number of para-hydroxylation sites is 2. The van der Waals surface area contributed by atoms with E-state index in [-0.39, 0.29) is 18.0 Å². The fourth-order valence-electron chi connectivity index (χ4n) is 3.34. The van der Waals surface area contributed by atoms with Crippen molar-refractivity contribution >= 4 is 23.4 Å². The normalized spacial score (nSPS) is 14.6. The number of likely N-dealkylation sites (tertiary alicyclic amines) is 1. The SMILES string of the molecule is CNCC(=O)N1CCC(n2nccc2NC(=O)Nc2ccccc2OC)CC1. The number of carbonyl (C=O) groups excluding carboxylic acids is 2. The van der Waals surface area contributed by atoms with Crippen molar-refractivity contribution in [1.82, 2.24) is 20.0 Å². The van der Waals surface area contributed by atoms with E-state index in [0.717, 1.165) is 12.8 Å². The van der Waals surface area contributed by atoms with Gasteiger partial charge in [0.1, 0.15) is 11.6 Å². The number of likely N-dealkylation sites (N-methyl/N-ethyl adjacent to an activating group) is 1. The van der Waals surface area contributed by atoms with Crippen molar-refractivity contribution in [1.29, 1.82) is 0 Å². The third-order valence-corrected chi connectivity index (χ3v) is 4.76. The van der Waals surface area contributed by atoms with Gasteiger partial charge in [0.2, 0.25) is 5.91 Å². The molecule has 1 aliphatic heterocycles. The predicted molar refractivity (Wildman–Crippen MR) is 107 cm³/mol. The first kappa shape index (κ1) is 19.7. The van der Waals surface area contributed by atoms with Gasteiger partial charge in [-0.15, -0.1) is 0 Å². The van der Waals surface area contributed by atoms with Gasteiger partial charge in [-0.2, -0.15) is 5.10 Å². The number of hydrogen-bond acceptors (Lipinski definition) is 5. The number of piperidine rings is 1. The van der Waals surface area contributed by atoms with Crippen LogP contribution in [0.4, 0.5) is 16.3 Å². The molecule has 3 amide bonds. The number of rotatable bonds is 6. The zero-order chi connectivity index (χ0) is 19.9. The van der Waals surface area contributed by atoms with Gasteiger partial charge in [0.05, 0.1) is 31.6 Å². The minimum absolute atomic E-state index is 0.107. The quantitative estimate of drug-likeness (QED) is 0.704. The Hall–Kier alpha value is -3.07. The van der Waals surface area contributed by atoms with E-state index in [1.54, 1.807) is 38.6 Å². The standard InChI is InChI=1S/C19H26N6O3/c1-20-13-18(26)24-11-8-14(9-12-24)25-17(7-10-21-25)23-19(27)22-15-5-3-4-6-16(15)28-2/h3-7,10,14,20H,8-9,11-13H2,1-2H3,(H2,22,23,27). The number of anilines is 2. The van der Waals surface area contributed by atoms with Gasteiger partial charge in [-0.3, -0.25) is 10.1 Å². The van der Waals surface area contributed by atoms with Crippen LogP contribution < -0.4 is 20.7 Å². The van der Waals surface area contributed by atoms with E-state index >= 15 is 0 Å². The van der Waals surface area contributed by atoms with Crippen molar-refractivity contribution in [2.45, 2.75) is 18.9 Å². The Balaban J connectivity index is 1.60. The van der Waals surface area contributed by atoms with Crippen LogP contribution in [0, 0.1) is 0 Å². The largest absolute Gasteiger partial charge is 0.495 e. The van der Waals surface area contributed by atoms with Crippen LogP contribution in [0.15, 0.2) is 36.5 Å². The van der Waals surface area contributed by atoms with E-state index in [1.807, 2.05) is 21.7 Å². The Morgan fingerprint density at radius 3 is 2.64 bits per heavy atom. The summed E-state index contributed by atoms with van der Waals surface area (Å²) in [5.74, 6) is 1.31. The molecular weight excluding hydrogens is 360 g/mol. The summed E-state index contributed by atoms with van der Waals surface area (Å²) in [6.07, 6.45) is 3.25. The molecule has 9 heteroatoms. The summed E-state index contributed by atoms with van der Waals surface area (Å²) in [6, 6.07) is 8.75. The first-order chi connectivity index (χ1) is 13.6. The molecule has 0 aliphatic carbocycles. The molecule has 0 spiro atoms. The van der Waals surface area contributed by atoms with Gasteiger partial charge in [0.25, 0.3) is 0 Å². The molecule has 2 aromatic rings. The maximum Gasteiger partial charge on any atom is 0.324 e. The molecule has 1 saturated heterocycles. The van der Waals surface area contributed by atoms with Crippen molar-refractivity contribution in [3.8, 4) is 5.75 Å². The lowest BCUT2D eigenvalue weighted by Crippen LogP contribution is -2.43. The number of methoxy groups -OCH3 is 1. The average molecular weight is 386 g/mol. The molecule has 3 N–H and O–H groups in total. The second kappa shape index (κ2) is 9.23. The van der Waals surface area contributed by atoms with Crippen LogP contribution in [-0.2, 0) is 4.79 Å². The number of carbonyl (C=O) groups is 2. The molecule has 2 heterocycles. The molecule has 1 aromatic heterocycles. The number of aromatic nitrogens is 2. The fraction of sp³-hybridized carbons (Fsp3) is 0.421. The number of amides is 3. The van der Waals surface area contributed by atoms with Crippen LogP contribution >= 0.6 is 0 Å². The summed E-state index contributed by atoms with van der Waals surface area (Å²) in [5.41, 5.74) is 0.588. The summed E-state index contributed by atoms with van der Waals surface area (Å²) in [4.78, 5) is 26.3. The maximum absolute atomic E-state index is 12.4. The summed E-state index contributed by atoms with van der Waals surface area (Å²) < 4.78 is 7.07. The molecule has 9 nitrogen and oxygen atoms in total. The van der Waals surface area contributed by atoms with Crippen molar-refractivity contribution in [3.05, 3.63) is 36.5 Å². The first-order valence-electron chi connectivity index (χ1n) is 9.29. The smallest absolute Gasteiger partial charge is 0.324 e. The van der Waals surface area contributed by atoms with Crippen LogP contribution in [0.1, 0.15) is 18.9 Å². The molecule has 0 bridgehead atoms. The molecule has 0 atom stereocenters. The summed E-state index contributed by atoms with van der Waals surface area (Å²) >= 11 is 0. The first-order valence-corrected chi connectivity index (χ1v) is 9.29. The highest BCUT2D eigenvalue weighted by atomic mass is 16.5. The van der Waals surface area contributed by atoms with Gasteiger partial charge in [-0.05, 0) is 32.0 Å². The molecule has 0 saturated carbocycles. The third-order valence-electron chi connectivity index (χ3n) is 4.76. The highest BCUT2D eigenvalue weighted by Crippen LogP contribution is 2.26. The van der Waals surface area contributed by atoms with Gasteiger partial charge in [0.15, 0.2) is 0 Å². The predicted octanol–water partition coefficient (Wildman–Crippen LogP) is 1.92. The van der Waals surface area contributed by atoms with Gasteiger partial charge < -0.3 is 20.3 Å². The van der Waals surface area contributed by atoms with Gasteiger partial charge >= 0.3 is 6.03 Å². The minimum atomic E-state index is -0.368. The summed E-state index contributed by atoms with van der Waals surface area (Å²) in [5, 5.41) is 12.9. The number of ether oxygens (including phenoxy) is 1. The molecule has 0 unspecified atom stereocenters. The number of nitrogens with one attached hydrogen (secondary N) is 3. The molecule has 1 fully saturated rings. The van der Waals surface area contributed by atoms with E-state index in [2.05, 4.69) is 21.0 Å². The molecular formula is C19H26N6O3. The van der Waals surface area contributed by atoms with Gasteiger partial charge in [-0.1, -0.05) is 12.1 Å². The van der Waals surface area contributed by atoms with E-state index in [4.69, 9.17) is 4.74 Å². The van der Waals surface area contributed by atoms with Crippen LogP contribution in [0.2, 0.25) is 0 Å². The van der Waals surface area contributed by atoms with Crippen LogP contribution in [-0.4, -0.2) is 60.4 Å². The topological polar surface area (TPSA) is 101 Å². The lowest BCUT2D eigenvalue weighted by Gasteiger charge is -2.32. The van der Waals surface area contributed by atoms with E-state index < -0.39 is 0 Å². The maximum atomic E-state index is 12.4.